The van der Waals surface area contributed by atoms with Crippen molar-refractivity contribution in [2.75, 3.05) is 18.4 Å². The fraction of sp³-hybridized carbons (Fsp3) is 0.412. The average molecular weight is 344 g/mol. The number of anilines is 1. The van der Waals surface area contributed by atoms with Crippen LogP contribution in [0.1, 0.15) is 39.6 Å². The zero-order valence-corrected chi connectivity index (χ0v) is 14.4. The van der Waals surface area contributed by atoms with Crippen LogP contribution in [0.25, 0.3) is 0 Å². The van der Waals surface area contributed by atoms with Crippen molar-refractivity contribution in [2.24, 2.45) is 0 Å². The summed E-state index contributed by atoms with van der Waals surface area (Å²) in [6.07, 6.45) is 3.14. The van der Waals surface area contributed by atoms with Crippen LogP contribution in [0, 0.1) is 6.92 Å². The minimum atomic E-state index is -0.268. The maximum Gasteiger partial charge on any atom is 0.286 e. The molecule has 0 atom stereocenters. The number of nitrogens with zero attached hydrogens (tertiary/aromatic N) is 3. The van der Waals surface area contributed by atoms with E-state index in [1.165, 1.54) is 11.3 Å². The van der Waals surface area contributed by atoms with E-state index in [4.69, 9.17) is 0 Å². The van der Waals surface area contributed by atoms with Crippen LogP contribution < -0.4 is 5.32 Å². The zero-order valence-electron chi connectivity index (χ0n) is 13.6. The molecule has 0 spiro atoms. The van der Waals surface area contributed by atoms with Gasteiger partial charge in [0.1, 0.15) is 5.01 Å². The lowest BCUT2D eigenvalue weighted by atomic mass is 10.2. The van der Waals surface area contributed by atoms with Gasteiger partial charge >= 0.3 is 0 Å². The molecule has 1 aliphatic rings. The van der Waals surface area contributed by atoms with Crippen LogP contribution in [-0.4, -0.2) is 40.0 Å². The first-order chi connectivity index (χ1) is 11.6. The predicted octanol–water partition coefficient (Wildman–Crippen LogP) is 2.65. The Morgan fingerprint density at radius 3 is 2.79 bits per heavy atom. The van der Waals surface area contributed by atoms with E-state index < -0.39 is 0 Å². The van der Waals surface area contributed by atoms with Gasteiger partial charge in [0.05, 0.1) is 0 Å². The number of carbonyl (C=O) groups excluding carboxylic acids is 2. The van der Waals surface area contributed by atoms with Gasteiger partial charge in [-0.15, -0.1) is 10.2 Å². The molecule has 2 amide bonds. The van der Waals surface area contributed by atoms with E-state index in [1.807, 2.05) is 36.1 Å². The second-order valence-corrected chi connectivity index (χ2v) is 6.97. The summed E-state index contributed by atoms with van der Waals surface area (Å²) in [4.78, 5) is 26.1. The molecule has 0 unspecified atom stereocenters. The van der Waals surface area contributed by atoms with Gasteiger partial charge in [0.15, 0.2) is 0 Å². The molecule has 3 rings (SSSR count). The van der Waals surface area contributed by atoms with Gasteiger partial charge in [-0.05, 0) is 37.5 Å². The second kappa shape index (κ2) is 7.53. The lowest BCUT2D eigenvalue weighted by Gasteiger charge is -2.14. The van der Waals surface area contributed by atoms with Gasteiger partial charge in [-0.1, -0.05) is 23.5 Å². The summed E-state index contributed by atoms with van der Waals surface area (Å²) in [5.41, 5.74) is 1.81. The van der Waals surface area contributed by atoms with E-state index in [9.17, 15) is 9.59 Å². The molecular weight excluding hydrogens is 324 g/mol. The van der Waals surface area contributed by atoms with E-state index in [2.05, 4.69) is 15.5 Å². The van der Waals surface area contributed by atoms with Crippen LogP contribution in [0.4, 0.5) is 5.69 Å². The molecule has 1 N–H and O–H groups in total. The summed E-state index contributed by atoms with van der Waals surface area (Å²) in [7, 11) is 0. The number of hydrogen-bond donors (Lipinski definition) is 1. The van der Waals surface area contributed by atoms with Gasteiger partial charge in [0, 0.05) is 31.6 Å². The van der Waals surface area contributed by atoms with Crippen LogP contribution in [-0.2, 0) is 11.2 Å². The fourth-order valence-corrected chi connectivity index (χ4v) is 3.43. The topological polar surface area (TPSA) is 75.2 Å². The molecule has 0 aliphatic carbocycles. The third-order valence-corrected chi connectivity index (χ3v) is 4.93. The molecule has 126 valence electrons. The fourth-order valence-electron chi connectivity index (χ4n) is 2.69. The molecule has 0 bridgehead atoms. The van der Waals surface area contributed by atoms with Crippen LogP contribution >= 0.6 is 11.3 Å². The molecule has 7 heteroatoms. The van der Waals surface area contributed by atoms with Crippen molar-refractivity contribution in [3.63, 3.8) is 0 Å². The van der Waals surface area contributed by atoms with Crippen molar-refractivity contribution >= 4 is 28.8 Å². The second-order valence-electron chi connectivity index (χ2n) is 5.91. The maximum absolute atomic E-state index is 12.2. The van der Waals surface area contributed by atoms with Crippen molar-refractivity contribution in [3.8, 4) is 0 Å². The summed E-state index contributed by atoms with van der Waals surface area (Å²) in [6, 6.07) is 7.59. The molecule has 2 aromatic rings. The Balaban J connectivity index is 1.54. The van der Waals surface area contributed by atoms with Crippen molar-refractivity contribution < 1.29 is 9.59 Å². The number of likely N-dealkylation sites (tertiary alicyclic amines) is 1. The molecule has 1 aromatic carbocycles. The van der Waals surface area contributed by atoms with Gasteiger partial charge in [0.25, 0.3) is 5.91 Å². The largest absolute Gasteiger partial charge is 0.343 e. The highest BCUT2D eigenvalue weighted by Gasteiger charge is 2.19. The minimum Gasteiger partial charge on any atom is -0.343 e. The number of aryl methyl sites for hydroxylation is 2. The van der Waals surface area contributed by atoms with Gasteiger partial charge in [-0.3, -0.25) is 9.59 Å². The van der Waals surface area contributed by atoms with Gasteiger partial charge < -0.3 is 10.2 Å². The zero-order chi connectivity index (χ0) is 16.9. The third-order valence-electron chi connectivity index (χ3n) is 3.95. The summed E-state index contributed by atoms with van der Waals surface area (Å²) in [6.45, 7) is 3.69. The number of rotatable bonds is 5. The van der Waals surface area contributed by atoms with Gasteiger partial charge in [0.2, 0.25) is 10.9 Å². The van der Waals surface area contributed by atoms with Crippen molar-refractivity contribution in [3.05, 3.63) is 39.8 Å². The SMILES string of the molecule is Cc1cccc(NC(=O)c2nnc(CCC(=O)N3CCCC3)s2)c1. The Morgan fingerprint density at radius 1 is 1.25 bits per heavy atom. The predicted molar refractivity (Wildman–Crippen MR) is 93.2 cm³/mol. The maximum atomic E-state index is 12.2. The van der Waals surface area contributed by atoms with Crippen molar-refractivity contribution in [1.29, 1.82) is 0 Å². The third kappa shape index (κ3) is 4.17. The van der Waals surface area contributed by atoms with Crippen molar-refractivity contribution in [2.45, 2.75) is 32.6 Å². The van der Waals surface area contributed by atoms with Crippen LogP contribution in [0.3, 0.4) is 0 Å². The molecule has 1 aliphatic heterocycles. The normalized spacial score (nSPS) is 14.0. The Hall–Kier alpha value is -2.28. The standard InChI is InChI=1S/C17H20N4O2S/c1-12-5-4-6-13(11-12)18-16(23)17-20-19-14(24-17)7-8-15(22)21-9-2-3-10-21/h4-6,11H,2-3,7-10H2,1H3,(H,18,23). The van der Waals surface area contributed by atoms with Crippen LogP contribution in [0.2, 0.25) is 0 Å². The molecule has 2 heterocycles. The Kier molecular flexibility index (Phi) is 5.20. The molecule has 1 saturated heterocycles. The smallest absolute Gasteiger partial charge is 0.286 e. The van der Waals surface area contributed by atoms with Gasteiger partial charge in [-0.2, -0.15) is 0 Å². The molecule has 0 saturated carbocycles. The molecule has 1 aromatic heterocycles. The molecule has 1 fully saturated rings. The number of amides is 2. The number of carbonyl (C=O) groups is 2. The highest BCUT2D eigenvalue weighted by Crippen LogP contribution is 2.17. The first kappa shape index (κ1) is 16.6. The first-order valence-electron chi connectivity index (χ1n) is 8.10. The van der Waals surface area contributed by atoms with Crippen molar-refractivity contribution in [1.82, 2.24) is 15.1 Å². The average Bonchev–Trinajstić information content (AvgIpc) is 3.24. The minimum absolute atomic E-state index is 0.161. The lowest BCUT2D eigenvalue weighted by molar-refractivity contribution is -0.130. The van der Waals surface area contributed by atoms with Crippen LogP contribution in [0.5, 0.6) is 0 Å². The number of hydrogen-bond acceptors (Lipinski definition) is 5. The highest BCUT2D eigenvalue weighted by molar-refractivity contribution is 7.13. The van der Waals surface area contributed by atoms with E-state index in [0.717, 1.165) is 42.2 Å². The molecule has 0 radical (unpaired) electrons. The molecule has 6 nitrogen and oxygen atoms in total. The van der Waals surface area contributed by atoms with E-state index in [0.29, 0.717) is 17.8 Å². The highest BCUT2D eigenvalue weighted by atomic mass is 32.1. The quantitative estimate of drug-likeness (QED) is 0.905. The van der Waals surface area contributed by atoms with E-state index in [-0.39, 0.29) is 11.8 Å². The number of aromatic nitrogens is 2. The lowest BCUT2D eigenvalue weighted by Crippen LogP contribution is -2.27. The van der Waals surface area contributed by atoms with Gasteiger partial charge in [-0.25, -0.2) is 0 Å². The van der Waals surface area contributed by atoms with E-state index >= 15 is 0 Å². The molecule has 24 heavy (non-hydrogen) atoms. The van der Waals surface area contributed by atoms with E-state index in [1.54, 1.807) is 0 Å². The monoisotopic (exact) mass is 344 g/mol. The summed E-state index contributed by atoms with van der Waals surface area (Å²) in [5.74, 6) is -0.108. The number of benzene rings is 1. The summed E-state index contributed by atoms with van der Waals surface area (Å²) < 4.78 is 0. The molecular formula is C17H20N4O2S. The first-order valence-corrected chi connectivity index (χ1v) is 8.91. The Bertz CT molecular complexity index is 738. The van der Waals surface area contributed by atoms with Crippen LogP contribution in [0.15, 0.2) is 24.3 Å². The Labute approximate surface area is 144 Å². The number of nitrogens with one attached hydrogen (secondary N) is 1. The summed E-state index contributed by atoms with van der Waals surface area (Å²) in [5, 5.41) is 11.8. The Morgan fingerprint density at radius 2 is 2.04 bits per heavy atom. The summed E-state index contributed by atoms with van der Waals surface area (Å²) >= 11 is 1.24.